The van der Waals surface area contributed by atoms with Crippen molar-refractivity contribution in [3.8, 4) is 11.3 Å². The van der Waals surface area contributed by atoms with Crippen molar-refractivity contribution in [3.63, 3.8) is 0 Å². The van der Waals surface area contributed by atoms with Crippen LogP contribution in [0, 0.1) is 0 Å². The summed E-state index contributed by atoms with van der Waals surface area (Å²) in [4.78, 5) is 8.81. The Morgan fingerprint density at radius 2 is 1.75 bits per heavy atom. The maximum absolute atomic E-state index is 4.41. The summed E-state index contributed by atoms with van der Waals surface area (Å²) in [6.45, 7) is 4.06. The van der Waals surface area contributed by atoms with Crippen molar-refractivity contribution in [1.29, 1.82) is 0 Å². The largest absolute Gasteiger partial charge is 0.253 e. The normalized spacial score (nSPS) is 11.5. The number of aromatic nitrogens is 2. The molecule has 0 saturated carbocycles. The molecule has 0 aliphatic heterocycles. The van der Waals surface area contributed by atoms with Crippen molar-refractivity contribution in [2.24, 2.45) is 0 Å². The predicted octanol–water partition coefficient (Wildman–Crippen LogP) is 3.57. The molecule has 1 aromatic carbocycles. The molecule has 2 heteroatoms. The molecular weight excluding hydrogens is 196 g/mol. The monoisotopic (exact) mass is 210 g/mol. The second-order valence-corrected chi connectivity index (χ2v) is 3.59. The van der Waals surface area contributed by atoms with Gasteiger partial charge in [0, 0.05) is 18.0 Å². The third-order valence-electron chi connectivity index (χ3n) is 2.55. The molecule has 2 rings (SSSR count). The van der Waals surface area contributed by atoms with Crippen molar-refractivity contribution in [2.75, 3.05) is 0 Å². The van der Waals surface area contributed by atoms with Gasteiger partial charge in [-0.15, -0.1) is 0 Å². The van der Waals surface area contributed by atoms with Crippen LogP contribution in [0.3, 0.4) is 0 Å². The number of nitrogens with zero attached hydrogens (tertiary/aromatic N) is 2. The topological polar surface area (TPSA) is 25.8 Å². The summed E-state index contributed by atoms with van der Waals surface area (Å²) in [6, 6.07) is 10.1. The van der Waals surface area contributed by atoms with Crippen LogP contribution in [-0.2, 0) is 0 Å². The summed E-state index contributed by atoms with van der Waals surface area (Å²) in [7, 11) is 0. The fourth-order valence-corrected chi connectivity index (χ4v) is 1.57. The lowest BCUT2D eigenvalue weighted by Gasteiger charge is -2.07. The van der Waals surface area contributed by atoms with Gasteiger partial charge in [0.05, 0.1) is 11.4 Å². The van der Waals surface area contributed by atoms with Gasteiger partial charge >= 0.3 is 0 Å². The molecule has 0 saturated heterocycles. The Bertz CT molecular complexity index is 501. The molecule has 2 nitrogen and oxygen atoms in total. The van der Waals surface area contributed by atoms with Crippen molar-refractivity contribution >= 4 is 5.57 Å². The molecule has 0 radical (unpaired) electrons. The second kappa shape index (κ2) is 4.71. The Labute approximate surface area is 95.7 Å². The predicted molar refractivity (Wildman–Crippen MR) is 66.8 cm³/mol. The number of hydrogen-bond donors (Lipinski definition) is 0. The summed E-state index contributed by atoms with van der Waals surface area (Å²) in [5, 5.41) is 0. The third kappa shape index (κ3) is 2.01. The first kappa shape index (κ1) is 10.6. The number of allylic oxidation sites excluding steroid dienone is 2. The van der Waals surface area contributed by atoms with E-state index in [9.17, 15) is 0 Å². The van der Waals surface area contributed by atoms with E-state index in [4.69, 9.17) is 0 Å². The molecule has 0 bridgehead atoms. The van der Waals surface area contributed by atoms with E-state index >= 15 is 0 Å². The SMILES string of the molecule is C/C=C(\C)c1nccnc1-c1ccccc1. The molecule has 1 aromatic heterocycles. The van der Waals surface area contributed by atoms with E-state index in [1.165, 1.54) is 0 Å². The van der Waals surface area contributed by atoms with Gasteiger partial charge in [-0.25, -0.2) is 0 Å². The summed E-state index contributed by atoms with van der Waals surface area (Å²) in [6.07, 6.45) is 5.51. The number of benzene rings is 1. The van der Waals surface area contributed by atoms with Crippen LogP contribution in [-0.4, -0.2) is 9.97 Å². The van der Waals surface area contributed by atoms with Crippen LogP contribution in [0.2, 0.25) is 0 Å². The third-order valence-corrected chi connectivity index (χ3v) is 2.55. The number of hydrogen-bond acceptors (Lipinski definition) is 2. The summed E-state index contributed by atoms with van der Waals surface area (Å²) < 4.78 is 0. The Balaban J connectivity index is 2.58. The van der Waals surface area contributed by atoms with Crippen LogP contribution in [0.25, 0.3) is 16.8 Å². The molecule has 16 heavy (non-hydrogen) atoms. The highest BCUT2D eigenvalue weighted by molar-refractivity contribution is 5.75. The molecule has 0 spiro atoms. The smallest absolute Gasteiger partial charge is 0.0961 e. The minimum Gasteiger partial charge on any atom is -0.253 e. The van der Waals surface area contributed by atoms with Gasteiger partial charge in [0.25, 0.3) is 0 Å². The molecule has 1 heterocycles. The summed E-state index contributed by atoms with van der Waals surface area (Å²) in [5.41, 5.74) is 4.15. The van der Waals surface area contributed by atoms with Crippen LogP contribution < -0.4 is 0 Å². The van der Waals surface area contributed by atoms with E-state index in [0.717, 1.165) is 22.5 Å². The molecular formula is C14H14N2. The molecule has 0 N–H and O–H groups in total. The summed E-state index contributed by atoms with van der Waals surface area (Å²) in [5.74, 6) is 0. The zero-order valence-corrected chi connectivity index (χ0v) is 9.51. The lowest BCUT2D eigenvalue weighted by atomic mass is 10.1. The van der Waals surface area contributed by atoms with E-state index in [1.54, 1.807) is 12.4 Å². The molecule has 0 fully saturated rings. The fraction of sp³-hybridized carbons (Fsp3) is 0.143. The van der Waals surface area contributed by atoms with Gasteiger partial charge in [-0.05, 0) is 19.4 Å². The summed E-state index contributed by atoms with van der Waals surface area (Å²) >= 11 is 0. The van der Waals surface area contributed by atoms with Crippen LogP contribution in [0.4, 0.5) is 0 Å². The van der Waals surface area contributed by atoms with Crippen molar-refractivity contribution in [1.82, 2.24) is 9.97 Å². The minimum absolute atomic E-state index is 0.943. The second-order valence-electron chi connectivity index (χ2n) is 3.59. The Morgan fingerprint density at radius 3 is 2.44 bits per heavy atom. The highest BCUT2D eigenvalue weighted by Crippen LogP contribution is 2.24. The Hall–Kier alpha value is -1.96. The first-order valence-electron chi connectivity index (χ1n) is 5.32. The van der Waals surface area contributed by atoms with Crippen molar-refractivity contribution in [3.05, 3.63) is 54.5 Å². The minimum atomic E-state index is 0.943. The van der Waals surface area contributed by atoms with Crippen LogP contribution in [0.15, 0.2) is 48.8 Å². The number of rotatable bonds is 2. The molecule has 0 aliphatic carbocycles. The van der Waals surface area contributed by atoms with E-state index < -0.39 is 0 Å². The lowest BCUT2D eigenvalue weighted by molar-refractivity contribution is 1.17. The molecule has 2 aromatic rings. The highest BCUT2D eigenvalue weighted by Gasteiger charge is 2.07. The van der Waals surface area contributed by atoms with Gasteiger partial charge < -0.3 is 0 Å². The van der Waals surface area contributed by atoms with Gasteiger partial charge in [-0.3, -0.25) is 9.97 Å². The zero-order chi connectivity index (χ0) is 11.4. The van der Waals surface area contributed by atoms with Crippen LogP contribution >= 0.6 is 0 Å². The van der Waals surface area contributed by atoms with Gasteiger partial charge in [-0.2, -0.15) is 0 Å². The van der Waals surface area contributed by atoms with Crippen molar-refractivity contribution in [2.45, 2.75) is 13.8 Å². The van der Waals surface area contributed by atoms with E-state index in [-0.39, 0.29) is 0 Å². The Kier molecular flexibility index (Phi) is 3.10. The first-order valence-corrected chi connectivity index (χ1v) is 5.32. The Morgan fingerprint density at radius 1 is 1.06 bits per heavy atom. The van der Waals surface area contributed by atoms with Gasteiger partial charge in [0.1, 0.15) is 0 Å². The van der Waals surface area contributed by atoms with E-state index in [2.05, 4.69) is 35.1 Å². The fourth-order valence-electron chi connectivity index (χ4n) is 1.57. The lowest BCUT2D eigenvalue weighted by Crippen LogP contribution is -1.94. The van der Waals surface area contributed by atoms with Crippen LogP contribution in [0.1, 0.15) is 19.5 Å². The van der Waals surface area contributed by atoms with Gasteiger partial charge in [0.15, 0.2) is 0 Å². The van der Waals surface area contributed by atoms with Gasteiger partial charge in [0.2, 0.25) is 0 Å². The molecule has 0 atom stereocenters. The average Bonchev–Trinajstić information content (AvgIpc) is 2.39. The van der Waals surface area contributed by atoms with Crippen molar-refractivity contribution < 1.29 is 0 Å². The molecule has 0 unspecified atom stereocenters. The highest BCUT2D eigenvalue weighted by atomic mass is 14.8. The maximum Gasteiger partial charge on any atom is 0.0961 e. The van der Waals surface area contributed by atoms with E-state index in [1.807, 2.05) is 25.1 Å². The van der Waals surface area contributed by atoms with Gasteiger partial charge in [-0.1, -0.05) is 36.4 Å². The first-order chi connectivity index (χ1) is 7.83. The standard InChI is InChI=1S/C14H14N2/c1-3-11(2)13-14(16-10-9-15-13)12-7-5-4-6-8-12/h3-10H,1-2H3/b11-3+. The molecule has 0 amide bonds. The van der Waals surface area contributed by atoms with Crippen LogP contribution in [0.5, 0.6) is 0 Å². The molecule has 80 valence electrons. The quantitative estimate of drug-likeness (QED) is 0.757. The maximum atomic E-state index is 4.41. The molecule has 0 aliphatic rings. The zero-order valence-electron chi connectivity index (χ0n) is 9.51. The van der Waals surface area contributed by atoms with E-state index in [0.29, 0.717) is 0 Å². The average molecular weight is 210 g/mol.